The minimum atomic E-state index is -0.963. The summed E-state index contributed by atoms with van der Waals surface area (Å²) in [5.74, 6) is -0.264. The first-order valence-corrected chi connectivity index (χ1v) is 7.85. The molecule has 1 fully saturated rings. The quantitative estimate of drug-likeness (QED) is 0.862. The lowest BCUT2D eigenvalue weighted by Gasteiger charge is -2.29. The Morgan fingerprint density at radius 1 is 1.43 bits per heavy atom. The van der Waals surface area contributed by atoms with Gasteiger partial charge in [-0.2, -0.15) is 0 Å². The number of likely N-dealkylation sites (tertiary alicyclic amines) is 1. The molecular formula is C17H24N2O4. The minimum Gasteiger partial charge on any atom is -0.497 e. The first-order valence-electron chi connectivity index (χ1n) is 7.85. The van der Waals surface area contributed by atoms with Gasteiger partial charge in [-0.25, -0.2) is 0 Å². The fraction of sp³-hybridized carbons (Fsp3) is 0.529. The van der Waals surface area contributed by atoms with Gasteiger partial charge in [0.2, 0.25) is 5.91 Å². The second-order valence-electron chi connectivity index (χ2n) is 5.93. The number of carboxylic acid groups (broad SMARTS) is 1. The SMILES string of the molecule is COc1cccc(CN(C)C2CCCCN(CC(=O)O)C2=O)c1. The van der Waals surface area contributed by atoms with Gasteiger partial charge in [-0.15, -0.1) is 0 Å². The Kier molecular flexibility index (Phi) is 5.98. The zero-order valence-corrected chi connectivity index (χ0v) is 13.7. The fourth-order valence-electron chi connectivity index (χ4n) is 2.98. The Hall–Kier alpha value is -2.08. The molecule has 1 atom stereocenters. The predicted octanol–water partition coefficient (Wildman–Crippen LogP) is 1.59. The molecule has 126 valence electrons. The molecular weight excluding hydrogens is 296 g/mol. The number of carbonyl (C=O) groups excluding carboxylic acids is 1. The van der Waals surface area contributed by atoms with Crippen LogP contribution in [0, 0.1) is 0 Å². The lowest BCUT2D eigenvalue weighted by Crippen LogP contribution is -2.47. The lowest BCUT2D eigenvalue weighted by atomic mass is 10.1. The van der Waals surface area contributed by atoms with E-state index in [0.717, 1.165) is 30.6 Å². The number of methoxy groups -OCH3 is 1. The largest absolute Gasteiger partial charge is 0.497 e. The summed E-state index contributed by atoms with van der Waals surface area (Å²) in [6.45, 7) is 0.922. The molecule has 0 spiro atoms. The normalized spacial score (nSPS) is 18.8. The smallest absolute Gasteiger partial charge is 0.323 e. The molecule has 0 saturated carbocycles. The molecule has 23 heavy (non-hydrogen) atoms. The van der Waals surface area contributed by atoms with E-state index in [4.69, 9.17) is 9.84 Å². The van der Waals surface area contributed by atoms with Crippen molar-refractivity contribution in [1.82, 2.24) is 9.80 Å². The highest BCUT2D eigenvalue weighted by atomic mass is 16.5. The Balaban J connectivity index is 2.07. The van der Waals surface area contributed by atoms with E-state index in [1.165, 1.54) is 4.90 Å². The van der Waals surface area contributed by atoms with Crippen LogP contribution < -0.4 is 4.74 Å². The zero-order valence-electron chi connectivity index (χ0n) is 13.7. The second kappa shape index (κ2) is 7.97. The highest BCUT2D eigenvalue weighted by molar-refractivity contribution is 5.85. The monoisotopic (exact) mass is 320 g/mol. The highest BCUT2D eigenvalue weighted by Gasteiger charge is 2.30. The molecule has 0 radical (unpaired) electrons. The molecule has 1 amide bonds. The van der Waals surface area contributed by atoms with Gasteiger partial charge in [0.1, 0.15) is 12.3 Å². The number of hydrogen-bond acceptors (Lipinski definition) is 4. The van der Waals surface area contributed by atoms with Crippen LogP contribution in [0.15, 0.2) is 24.3 Å². The molecule has 1 aromatic rings. The van der Waals surface area contributed by atoms with Crippen molar-refractivity contribution in [3.05, 3.63) is 29.8 Å². The molecule has 1 aliphatic heterocycles. The van der Waals surface area contributed by atoms with Crippen molar-refractivity contribution in [2.45, 2.75) is 31.8 Å². The topological polar surface area (TPSA) is 70.1 Å². The van der Waals surface area contributed by atoms with E-state index in [1.54, 1.807) is 7.11 Å². The minimum absolute atomic E-state index is 0.0877. The maximum atomic E-state index is 12.6. The molecule has 6 nitrogen and oxygen atoms in total. The van der Waals surface area contributed by atoms with Crippen LogP contribution in [0.3, 0.4) is 0 Å². The van der Waals surface area contributed by atoms with E-state index in [0.29, 0.717) is 13.1 Å². The number of hydrogen-bond donors (Lipinski definition) is 1. The molecule has 1 unspecified atom stereocenters. The predicted molar refractivity (Wildman–Crippen MR) is 86.3 cm³/mol. The highest BCUT2D eigenvalue weighted by Crippen LogP contribution is 2.20. The summed E-state index contributed by atoms with van der Waals surface area (Å²) in [6.07, 6.45) is 2.53. The molecule has 0 aromatic heterocycles. The van der Waals surface area contributed by atoms with E-state index in [2.05, 4.69) is 0 Å². The fourth-order valence-corrected chi connectivity index (χ4v) is 2.98. The van der Waals surface area contributed by atoms with Gasteiger partial charge >= 0.3 is 5.97 Å². The lowest BCUT2D eigenvalue weighted by molar-refractivity contribution is -0.146. The number of aliphatic carboxylic acids is 1. The molecule has 1 aromatic carbocycles. The Labute approximate surface area is 136 Å². The van der Waals surface area contributed by atoms with Gasteiger partial charge in [-0.1, -0.05) is 12.1 Å². The van der Waals surface area contributed by atoms with Crippen LogP contribution in [-0.2, 0) is 16.1 Å². The van der Waals surface area contributed by atoms with Crippen molar-refractivity contribution in [2.24, 2.45) is 0 Å². The molecule has 0 aliphatic carbocycles. The number of rotatable bonds is 6. The summed E-state index contributed by atoms with van der Waals surface area (Å²) in [4.78, 5) is 27.0. The Morgan fingerprint density at radius 2 is 2.22 bits per heavy atom. The summed E-state index contributed by atoms with van der Waals surface area (Å²) >= 11 is 0. The van der Waals surface area contributed by atoms with Crippen molar-refractivity contribution in [3.8, 4) is 5.75 Å². The van der Waals surface area contributed by atoms with Crippen LogP contribution >= 0.6 is 0 Å². The first-order chi connectivity index (χ1) is 11.0. The van der Waals surface area contributed by atoms with Crippen molar-refractivity contribution in [1.29, 1.82) is 0 Å². The molecule has 1 N–H and O–H groups in total. The van der Waals surface area contributed by atoms with E-state index < -0.39 is 5.97 Å². The third-order valence-electron chi connectivity index (χ3n) is 4.18. The summed E-state index contributed by atoms with van der Waals surface area (Å²) in [5, 5.41) is 8.97. The van der Waals surface area contributed by atoms with E-state index in [9.17, 15) is 9.59 Å². The number of carboxylic acids is 1. The van der Waals surface area contributed by atoms with Crippen molar-refractivity contribution < 1.29 is 19.4 Å². The number of amides is 1. The summed E-state index contributed by atoms with van der Waals surface area (Å²) in [5.41, 5.74) is 1.06. The summed E-state index contributed by atoms with van der Waals surface area (Å²) < 4.78 is 5.22. The van der Waals surface area contributed by atoms with E-state index in [-0.39, 0.29) is 18.5 Å². The average Bonchev–Trinajstić information content (AvgIpc) is 2.69. The van der Waals surface area contributed by atoms with Crippen LogP contribution in [0.2, 0.25) is 0 Å². The van der Waals surface area contributed by atoms with Gasteiger partial charge in [-0.3, -0.25) is 14.5 Å². The zero-order chi connectivity index (χ0) is 16.8. The van der Waals surface area contributed by atoms with Gasteiger partial charge in [-0.05, 0) is 44.0 Å². The molecule has 2 rings (SSSR count). The molecule has 1 aliphatic rings. The van der Waals surface area contributed by atoms with Gasteiger partial charge in [0, 0.05) is 13.1 Å². The summed E-state index contributed by atoms with van der Waals surface area (Å²) in [7, 11) is 3.54. The van der Waals surface area contributed by atoms with Crippen LogP contribution in [0.25, 0.3) is 0 Å². The molecule has 0 bridgehead atoms. The number of nitrogens with zero attached hydrogens (tertiary/aromatic N) is 2. The van der Waals surface area contributed by atoms with Crippen molar-refractivity contribution in [3.63, 3.8) is 0 Å². The third-order valence-corrected chi connectivity index (χ3v) is 4.18. The third kappa shape index (κ3) is 4.69. The second-order valence-corrected chi connectivity index (χ2v) is 5.93. The van der Waals surface area contributed by atoms with Crippen LogP contribution in [-0.4, -0.2) is 60.1 Å². The molecule has 1 saturated heterocycles. The van der Waals surface area contributed by atoms with Gasteiger partial charge in [0.05, 0.1) is 13.2 Å². The van der Waals surface area contributed by atoms with Crippen LogP contribution in [0.4, 0.5) is 0 Å². The van der Waals surface area contributed by atoms with Crippen LogP contribution in [0.1, 0.15) is 24.8 Å². The van der Waals surface area contributed by atoms with Crippen LogP contribution in [0.5, 0.6) is 5.75 Å². The maximum absolute atomic E-state index is 12.6. The van der Waals surface area contributed by atoms with Crippen molar-refractivity contribution in [2.75, 3.05) is 27.2 Å². The first kappa shape index (κ1) is 17.3. The number of carbonyl (C=O) groups is 2. The maximum Gasteiger partial charge on any atom is 0.323 e. The van der Waals surface area contributed by atoms with E-state index in [1.807, 2.05) is 36.2 Å². The number of benzene rings is 1. The number of ether oxygens (including phenoxy) is 1. The Bertz CT molecular complexity index is 561. The molecule has 1 heterocycles. The summed E-state index contributed by atoms with van der Waals surface area (Å²) in [6, 6.07) is 7.48. The van der Waals surface area contributed by atoms with E-state index >= 15 is 0 Å². The molecule has 6 heteroatoms. The van der Waals surface area contributed by atoms with Gasteiger partial charge in [0.25, 0.3) is 0 Å². The average molecular weight is 320 g/mol. The standard InChI is InChI=1S/C17H24N2O4/c1-18(11-13-6-5-7-14(10-13)23-2)15-8-3-4-9-19(17(15)22)12-16(20)21/h5-7,10,15H,3-4,8-9,11-12H2,1-2H3,(H,20,21). The Morgan fingerprint density at radius 3 is 2.91 bits per heavy atom. The van der Waals surface area contributed by atoms with Gasteiger partial charge in [0.15, 0.2) is 0 Å². The number of likely N-dealkylation sites (N-methyl/N-ethyl adjacent to an activating group) is 1. The van der Waals surface area contributed by atoms with Crippen molar-refractivity contribution >= 4 is 11.9 Å². The van der Waals surface area contributed by atoms with Gasteiger partial charge < -0.3 is 14.7 Å².